The van der Waals surface area contributed by atoms with Gasteiger partial charge in [0.25, 0.3) is 0 Å². The summed E-state index contributed by atoms with van der Waals surface area (Å²) in [6.45, 7) is 2.35. The predicted molar refractivity (Wildman–Crippen MR) is 60.1 cm³/mol. The number of amides is 1. The fourth-order valence-corrected chi connectivity index (χ4v) is 2.09. The number of primary amides is 1. The van der Waals surface area contributed by atoms with Crippen molar-refractivity contribution in [3.05, 3.63) is 23.5 Å². The van der Waals surface area contributed by atoms with Crippen LogP contribution in [0.5, 0.6) is 0 Å². The van der Waals surface area contributed by atoms with E-state index in [2.05, 4.69) is 0 Å². The van der Waals surface area contributed by atoms with E-state index in [1.807, 2.05) is 17.0 Å². The number of rotatable bonds is 3. The molecule has 0 fully saturated rings. The standard InChI is InChI=1S/C12H16N2O2/c1-8(12(13)16)5-14-6-9-3-2-4-11(15)10(9)7-14/h6-8H,2-5H2,1H3,(H2,13,16). The van der Waals surface area contributed by atoms with Crippen LogP contribution in [-0.2, 0) is 17.8 Å². The highest BCUT2D eigenvalue weighted by atomic mass is 16.1. The molecule has 4 nitrogen and oxygen atoms in total. The topological polar surface area (TPSA) is 65.1 Å². The van der Waals surface area contributed by atoms with Gasteiger partial charge in [0, 0.05) is 30.9 Å². The monoisotopic (exact) mass is 220 g/mol. The number of carbonyl (C=O) groups is 2. The molecular formula is C12H16N2O2. The van der Waals surface area contributed by atoms with Crippen LogP contribution in [-0.4, -0.2) is 16.3 Å². The predicted octanol–water partition coefficient (Wildman–Crippen LogP) is 1.13. The molecule has 0 saturated carbocycles. The van der Waals surface area contributed by atoms with Gasteiger partial charge in [-0.25, -0.2) is 0 Å². The molecule has 4 heteroatoms. The van der Waals surface area contributed by atoms with Crippen molar-refractivity contribution in [2.75, 3.05) is 0 Å². The Morgan fingerprint density at radius 1 is 1.50 bits per heavy atom. The van der Waals surface area contributed by atoms with E-state index in [1.54, 1.807) is 6.92 Å². The van der Waals surface area contributed by atoms with Gasteiger partial charge in [0.2, 0.25) is 5.91 Å². The SMILES string of the molecule is CC(Cn1cc2c(c1)C(=O)CCC2)C(N)=O. The molecule has 1 heterocycles. The summed E-state index contributed by atoms with van der Waals surface area (Å²) < 4.78 is 1.91. The number of nitrogens with zero attached hydrogens (tertiary/aromatic N) is 1. The number of aryl methyl sites for hydroxylation is 1. The van der Waals surface area contributed by atoms with Crippen LogP contribution in [0, 0.1) is 5.92 Å². The van der Waals surface area contributed by atoms with Gasteiger partial charge in [-0.05, 0) is 18.4 Å². The maximum Gasteiger partial charge on any atom is 0.222 e. The van der Waals surface area contributed by atoms with Gasteiger partial charge in [0.05, 0.1) is 5.92 Å². The average Bonchev–Trinajstić information content (AvgIpc) is 2.61. The molecule has 0 radical (unpaired) electrons. The van der Waals surface area contributed by atoms with Gasteiger partial charge in [-0.1, -0.05) is 6.92 Å². The first-order valence-corrected chi connectivity index (χ1v) is 5.59. The molecule has 1 aromatic rings. The van der Waals surface area contributed by atoms with E-state index >= 15 is 0 Å². The van der Waals surface area contributed by atoms with E-state index in [0.717, 1.165) is 24.0 Å². The summed E-state index contributed by atoms with van der Waals surface area (Å²) in [5, 5.41) is 0. The van der Waals surface area contributed by atoms with Gasteiger partial charge in [-0.2, -0.15) is 0 Å². The molecule has 2 N–H and O–H groups in total. The Kier molecular flexibility index (Phi) is 2.81. The quantitative estimate of drug-likeness (QED) is 0.829. The third-order valence-electron chi connectivity index (χ3n) is 3.08. The number of Topliss-reactive ketones (excluding diaryl/α,β-unsaturated/α-hetero) is 1. The fourth-order valence-electron chi connectivity index (χ4n) is 2.09. The van der Waals surface area contributed by atoms with E-state index in [0.29, 0.717) is 13.0 Å². The second kappa shape index (κ2) is 4.12. The maximum atomic E-state index is 11.6. The summed E-state index contributed by atoms with van der Waals surface area (Å²) in [4.78, 5) is 22.6. The van der Waals surface area contributed by atoms with Crippen LogP contribution in [0.1, 0.15) is 35.7 Å². The minimum absolute atomic E-state index is 0.205. The zero-order chi connectivity index (χ0) is 11.7. The number of fused-ring (bicyclic) bond motifs is 1. The second-order valence-electron chi connectivity index (χ2n) is 4.47. The number of hydrogen-bond donors (Lipinski definition) is 1. The lowest BCUT2D eigenvalue weighted by Crippen LogP contribution is -2.24. The molecule has 16 heavy (non-hydrogen) atoms. The second-order valence-corrected chi connectivity index (χ2v) is 4.47. The number of ketones is 1. The van der Waals surface area contributed by atoms with E-state index < -0.39 is 0 Å². The largest absolute Gasteiger partial charge is 0.369 e. The zero-order valence-electron chi connectivity index (χ0n) is 9.40. The van der Waals surface area contributed by atoms with Crippen molar-refractivity contribution in [2.45, 2.75) is 32.7 Å². The Bertz CT molecular complexity index is 434. The average molecular weight is 220 g/mol. The molecule has 0 spiro atoms. The summed E-state index contributed by atoms with van der Waals surface area (Å²) in [6.07, 6.45) is 6.34. The Morgan fingerprint density at radius 2 is 2.25 bits per heavy atom. The van der Waals surface area contributed by atoms with E-state index in [-0.39, 0.29) is 17.6 Å². The van der Waals surface area contributed by atoms with Gasteiger partial charge >= 0.3 is 0 Å². The minimum Gasteiger partial charge on any atom is -0.369 e. The van der Waals surface area contributed by atoms with Crippen LogP contribution in [0.2, 0.25) is 0 Å². The van der Waals surface area contributed by atoms with Crippen LogP contribution in [0.3, 0.4) is 0 Å². The highest BCUT2D eigenvalue weighted by Crippen LogP contribution is 2.22. The molecule has 1 aromatic heterocycles. The summed E-state index contributed by atoms with van der Waals surface area (Å²) in [5.74, 6) is -0.298. The molecule has 1 atom stereocenters. The Hall–Kier alpha value is -1.58. The molecule has 1 amide bonds. The molecule has 0 aliphatic heterocycles. The van der Waals surface area contributed by atoms with Crippen LogP contribution >= 0.6 is 0 Å². The zero-order valence-corrected chi connectivity index (χ0v) is 9.40. The van der Waals surface area contributed by atoms with Crippen molar-refractivity contribution in [1.82, 2.24) is 4.57 Å². The van der Waals surface area contributed by atoms with Crippen LogP contribution < -0.4 is 5.73 Å². The van der Waals surface area contributed by atoms with Gasteiger partial charge in [0.1, 0.15) is 0 Å². The molecule has 1 aliphatic rings. The lowest BCUT2D eigenvalue weighted by atomic mass is 9.95. The van der Waals surface area contributed by atoms with Gasteiger partial charge in [0.15, 0.2) is 5.78 Å². The number of carbonyl (C=O) groups excluding carboxylic acids is 2. The summed E-state index contributed by atoms with van der Waals surface area (Å²) in [7, 11) is 0. The van der Waals surface area contributed by atoms with Crippen molar-refractivity contribution in [1.29, 1.82) is 0 Å². The molecule has 1 unspecified atom stereocenters. The van der Waals surface area contributed by atoms with Gasteiger partial charge < -0.3 is 10.3 Å². The molecule has 0 saturated heterocycles. The molecule has 1 aliphatic carbocycles. The van der Waals surface area contributed by atoms with Crippen molar-refractivity contribution < 1.29 is 9.59 Å². The van der Waals surface area contributed by atoms with E-state index in [4.69, 9.17) is 5.73 Å². The number of nitrogens with two attached hydrogens (primary N) is 1. The summed E-state index contributed by atoms with van der Waals surface area (Å²) >= 11 is 0. The van der Waals surface area contributed by atoms with Crippen LogP contribution in [0.4, 0.5) is 0 Å². The van der Waals surface area contributed by atoms with E-state index in [1.165, 1.54) is 0 Å². The highest BCUT2D eigenvalue weighted by molar-refractivity contribution is 5.98. The summed E-state index contributed by atoms with van der Waals surface area (Å²) in [6, 6.07) is 0. The molecular weight excluding hydrogens is 204 g/mol. The van der Waals surface area contributed by atoms with Gasteiger partial charge in [-0.15, -0.1) is 0 Å². The van der Waals surface area contributed by atoms with Gasteiger partial charge in [-0.3, -0.25) is 9.59 Å². The maximum absolute atomic E-state index is 11.6. The normalized spacial score (nSPS) is 16.9. The number of hydrogen-bond acceptors (Lipinski definition) is 2. The Morgan fingerprint density at radius 3 is 2.88 bits per heavy atom. The van der Waals surface area contributed by atoms with Crippen molar-refractivity contribution >= 4 is 11.7 Å². The Labute approximate surface area is 94.4 Å². The lowest BCUT2D eigenvalue weighted by Gasteiger charge is -2.07. The van der Waals surface area contributed by atoms with Crippen molar-refractivity contribution in [2.24, 2.45) is 11.7 Å². The van der Waals surface area contributed by atoms with Crippen LogP contribution in [0.15, 0.2) is 12.4 Å². The first kappa shape index (κ1) is 10.9. The Balaban J connectivity index is 2.18. The molecule has 0 bridgehead atoms. The fraction of sp³-hybridized carbons (Fsp3) is 0.500. The molecule has 0 aromatic carbocycles. The first-order valence-electron chi connectivity index (χ1n) is 5.59. The number of aromatic nitrogens is 1. The molecule has 2 rings (SSSR count). The van der Waals surface area contributed by atoms with Crippen molar-refractivity contribution in [3.8, 4) is 0 Å². The third kappa shape index (κ3) is 2.01. The lowest BCUT2D eigenvalue weighted by molar-refractivity contribution is -0.121. The minimum atomic E-state index is -0.307. The van der Waals surface area contributed by atoms with Crippen molar-refractivity contribution in [3.63, 3.8) is 0 Å². The molecule has 86 valence electrons. The highest BCUT2D eigenvalue weighted by Gasteiger charge is 2.20. The van der Waals surface area contributed by atoms with Crippen LogP contribution in [0.25, 0.3) is 0 Å². The van der Waals surface area contributed by atoms with E-state index in [9.17, 15) is 9.59 Å². The first-order chi connectivity index (χ1) is 7.58. The summed E-state index contributed by atoms with van der Waals surface area (Å²) in [5.41, 5.74) is 7.14. The third-order valence-corrected chi connectivity index (χ3v) is 3.08. The smallest absolute Gasteiger partial charge is 0.222 e.